The second kappa shape index (κ2) is 5.08. The molecule has 17 heavy (non-hydrogen) atoms. The molecule has 1 N–H and O–H groups in total. The Balaban J connectivity index is 2.14. The van der Waals surface area contributed by atoms with E-state index < -0.39 is 0 Å². The summed E-state index contributed by atoms with van der Waals surface area (Å²) in [4.78, 5) is 9.10. The van der Waals surface area contributed by atoms with Crippen molar-refractivity contribution in [3.8, 4) is 0 Å². The molecule has 2 rings (SSSR count). The molecule has 0 saturated heterocycles. The van der Waals surface area contributed by atoms with Gasteiger partial charge in [0.05, 0.1) is 16.9 Å². The van der Waals surface area contributed by atoms with E-state index in [-0.39, 0.29) is 5.54 Å². The van der Waals surface area contributed by atoms with E-state index >= 15 is 0 Å². The van der Waals surface area contributed by atoms with Crippen LogP contribution in [-0.2, 0) is 0 Å². The first-order valence-corrected chi connectivity index (χ1v) is 7.09. The summed E-state index contributed by atoms with van der Waals surface area (Å²) in [6.45, 7) is 6.44. The van der Waals surface area contributed by atoms with E-state index in [4.69, 9.17) is 4.99 Å². The molecule has 2 heterocycles. The predicted octanol–water partition coefficient (Wildman–Crippen LogP) is 3.46. The Hall–Kier alpha value is -1.03. The molecule has 1 aromatic heterocycles. The summed E-state index contributed by atoms with van der Waals surface area (Å²) in [6.07, 6.45) is 4.02. The second-order valence-corrected chi connectivity index (χ2v) is 5.36. The van der Waals surface area contributed by atoms with Gasteiger partial charge in [-0.2, -0.15) is 0 Å². The van der Waals surface area contributed by atoms with Crippen molar-refractivity contribution >= 4 is 22.6 Å². The van der Waals surface area contributed by atoms with Crippen LogP contribution in [0.4, 0.5) is 5.69 Å². The van der Waals surface area contributed by atoms with Crippen LogP contribution in [0, 0.1) is 6.92 Å². The largest absolute Gasteiger partial charge is 0.333 e. The van der Waals surface area contributed by atoms with Gasteiger partial charge in [0, 0.05) is 11.9 Å². The molecule has 0 aromatic carbocycles. The van der Waals surface area contributed by atoms with E-state index in [1.54, 1.807) is 0 Å². The van der Waals surface area contributed by atoms with Gasteiger partial charge in [0.25, 0.3) is 0 Å². The molecule has 0 aliphatic carbocycles. The van der Waals surface area contributed by atoms with Crippen LogP contribution in [0.15, 0.2) is 23.3 Å². The fraction of sp³-hybridized carbons (Fsp3) is 0.538. The number of aliphatic imine (C=N–C) groups is 1. The van der Waals surface area contributed by atoms with Crippen molar-refractivity contribution in [1.29, 1.82) is 0 Å². The minimum Gasteiger partial charge on any atom is -0.333 e. The highest BCUT2D eigenvalue weighted by molar-refractivity contribution is 8.14. The number of nitrogens with zero attached hydrogens (tertiary/aromatic N) is 2. The first-order valence-electron chi connectivity index (χ1n) is 6.10. The molecule has 1 aliphatic heterocycles. The molecule has 0 bridgehead atoms. The Labute approximate surface area is 107 Å². The van der Waals surface area contributed by atoms with Crippen LogP contribution in [0.3, 0.4) is 0 Å². The molecule has 92 valence electrons. The lowest BCUT2D eigenvalue weighted by Crippen LogP contribution is -2.24. The van der Waals surface area contributed by atoms with Gasteiger partial charge in [0.2, 0.25) is 0 Å². The Morgan fingerprint density at radius 2 is 2.18 bits per heavy atom. The average Bonchev–Trinajstić information content (AvgIpc) is 2.76. The number of nitrogens with one attached hydrogen (secondary N) is 1. The third kappa shape index (κ3) is 2.63. The molecule has 4 heteroatoms. The lowest BCUT2D eigenvalue weighted by Gasteiger charge is -2.20. The van der Waals surface area contributed by atoms with Gasteiger partial charge in [-0.3, -0.25) is 9.98 Å². The lowest BCUT2D eigenvalue weighted by atomic mass is 9.97. The van der Waals surface area contributed by atoms with Crippen molar-refractivity contribution in [2.75, 3.05) is 11.1 Å². The molecular weight excluding hydrogens is 230 g/mol. The lowest BCUT2D eigenvalue weighted by molar-refractivity contribution is 0.456. The fourth-order valence-corrected chi connectivity index (χ4v) is 3.21. The second-order valence-electron chi connectivity index (χ2n) is 4.40. The molecule has 3 nitrogen and oxygen atoms in total. The quantitative estimate of drug-likeness (QED) is 0.891. The van der Waals surface area contributed by atoms with Crippen LogP contribution in [0.1, 0.15) is 32.4 Å². The number of amidine groups is 1. The van der Waals surface area contributed by atoms with Gasteiger partial charge < -0.3 is 5.32 Å². The van der Waals surface area contributed by atoms with Crippen molar-refractivity contribution in [2.24, 2.45) is 4.99 Å². The SMILES string of the molecule is CCC1(CC)CSC(Nc2cccnc2C)=N1. The minimum atomic E-state index is 0.142. The van der Waals surface area contributed by atoms with Crippen LogP contribution < -0.4 is 5.32 Å². The Kier molecular flexibility index (Phi) is 3.72. The first-order chi connectivity index (χ1) is 8.19. The smallest absolute Gasteiger partial charge is 0.161 e. The van der Waals surface area contributed by atoms with E-state index in [9.17, 15) is 0 Å². The standard InChI is InChI=1S/C13H19N3S/c1-4-13(5-2)9-17-12(16-13)15-11-7-6-8-14-10(11)3/h6-8H,4-5,9H2,1-3H3,(H,15,16). The molecule has 1 aliphatic rings. The monoisotopic (exact) mass is 249 g/mol. The molecule has 0 unspecified atom stereocenters. The Morgan fingerprint density at radius 1 is 1.41 bits per heavy atom. The Bertz CT molecular complexity index is 424. The van der Waals surface area contributed by atoms with Crippen LogP contribution in [0.25, 0.3) is 0 Å². The van der Waals surface area contributed by atoms with E-state index in [1.807, 2.05) is 37.0 Å². The van der Waals surface area contributed by atoms with Gasteiger partial charge in [-0.05, 0) is 31.9 Å². The molecule has 0 fully saturated rings. The number of hydrogen-bond donors (Lipinski definition) is 1. The van der Waals surface area contributed by atoms with Crippen LogP contribution in [-0.4, -0.2) is 21.4 Å². The number of aryl methyl sites for hydroxylation is 1. The highest BCUT2D eigenvalue weighted by Gasteiger charge is 2.32. The van der Waals surface area contributed by atoms with Gasteiger partial charge in [-0.15, -0.1) is 0 Å². The molecule has 0 spiro atoms. The van der Waals surface area contributed by atoms with Crippen molar-refractivity contribution in [1.82, 2.24) is 4.98 Å². The first kappa shape index (κ1) is 12.4. The number of thioether (sulfide) groups is 1. The van der Waals surface area contributed by atoms with Gasteiger partial charge in [-0.1, -0.05) is 25.6 Å². The predicted molar refractivity (Wildman–Crippen MR) is 75.8 cm³/mol. The van der Waals surface area contributed by atoms with Crippen molar-refractivity contribution < 1.29 is 0 Å². The maximum Gasteiger partial charge on any atom is 0.161 e. The summed E-state index contributed by atoms with van der Waals surface area (Å²) >= 11 is 1.81. The number of anilines is 1. The van der Waals surface area contributed by atoms with E-state index in [0.717, 1.165) is 35.1 Å². The summed E-state index contributed by atoms with van der Waals surface area (Å²) in [5.41, 5.74) is 2.21. The minimum absolute atomic E-state index is 0.142. The molecule has 0 atom stereocenters. The van der Waals surface area contributed by atoms with Gasteiger partial charge in [-0.25, -0.2) is 0 Å². The van der Waals surface area contributed by atoms with Crippen molar-refractivity contribution in [3.63, 3.8) is 0 Å². The zero-order valence-electron chi connectivity index (χ0n) is 10.7. The maximum atomic E-state index is 4.83. The van der Waals surface area contributed by atoms with Gasteiger partial charge >= 0.3 is 0 Å². The number of hydrogen-bond acceptors (Lipinski definition) is 4. The van der Waals surface area contributed by atoms with Gasteiger partial charge in [0.15, 0.2) is 5.17 Å². The number of rotatable bonds is 3. The average molecular weight is 249 g/mol. The van der Waals surface area contributed by atoms with E-state index in [0.29, 0.717) is 0 Å². The highest BCUT2D eigenvalue weighted by Crippen LogP contribution is 2.33. The summed E-state index contributed by atoms with van der Waals surface area (Å²) in [5, 5.41) is 4.42. The normalized spacial score (nSPS) is 17.9. The molecule has 0 radical (unpaired) electrons. The molecule has 1 aromatic rings. The van der Waals surface area contributed by atoms with Crippen LogP contribution in [0.5, 0.6) is 0 Å². The summed E-state index contributed by atoms with van der Waals surface area (Å²) in [5.74, 6) is 1.08. The highest BCUT2D eigenvalue weighted by atomic mass is 32.2. The third-order valence-corrected chi connectivity index (χ3v) is 4.53. The van der Waals surface area contributed by atoms with Crippen molar-refractivity contribution in [2.45, 2.75) is 39.2 Å². The number of pyridine rings is 1. The topological polar surface area (TPSA) is 37.3 Å². The molecule has 0 amide bonds. The number of aromatic nitrogens is 1. The summed E-state index contributed by atoms with van der Waals surface area (Å²) in [7, 11) is 0. The molecule has 0 saturated carbocycles. The Morgan fingerprint density at radius 3 is 2.76 bits per heavy atom. The zero-order chi connectivity index (χ0) is 12.3. The van der Waals surface area contributed by atoms with Crippen LogP contribution >= 0.6 is 11.8 Å². The van der Waals surface area contributed by atoms with E-state index in [2.05, 4.69) is 24.1 Å². The maximum absolute atomic E-state index is 4.83. The van der Waals surface area contributed by atoms with E-state index in [1.165, 1.54) is 0 Å². The zero-order valence-corrected chi connectivity index (χ0v) is 11.5. The van der Waals surface area contributed by atoms with Crippen molar-refractivity contribution in [3.05, 3.63) is 24.0 Å². The fourth-order valence-electron chi connectivity index (χ4n) is 1.89. The van der Waals surface area contributed by atoms with Crippen LogP contribution in [0.2, 0.25) is 0 Å². The summed E-state index contributed by atoms with van der Waals surface area (Å²) < 4.78 is 0. The third-order valence-electron chi connectivity index (χ3n) is 3.38. The van der Waals surface area contributed by atoms with Gasteiger partial charge in [0.1, 0.15) is 0 Å². The summed E-state index contributed by atoms with van der Waals surface area (Å²) in [6, 6.07) is 3.99. The molecular formula is C13H19N3S.